The van der Waals surface area contributed by atoms with E-state index in [0.717, 1.165) is 38.3 Å². The monoisotopic (exact) mass is 384 g/mol. The van der Waals surface area contributed by atoms with Crippen LogP contribution in [0, 0.1) is 5.41 Å². The molecule has 4 rings (SSSR count). The molecule has 0 aliphatic carbocycles. The van der Waals surface area contributed by atoms with Gasteiger partial charge in [0.05, 0.1) is 5.69 Å². The van der Waals surface area contributed by atoms with Gasteiger partial charge in [-0.1, -0.05) is 12.5 Å². The Morgan fingerprint density at radius 1 is 1.18 bits per heavy atom. The number of tetrazole rings is 1. The number of hydrogen-bond donors (Lipinski definition) is 1. The van der Waals surface area contributed by atoms with Crippen molar-refractivity contribution in [2.45, 2.75) is 32.1 Å². The van der Waals surface area contributed by atoms with Crippen molar-refractivity contribution in [1.29, 1.82) is 0 Å². The molecule has 2 aromatic rings. The van der Waals surface area contributed by atoms with E-state index in [1.165, 1.54) is 38.7 Å². The number of piperidine rings is 1. The molecule has 0 bridgehead atoms. The van der Waals surface area contributed by atoms with Gasteiger partial charge in [-0.15, -0.1) is 5.10 Å². The second kappa shape index (κ2) is 8.79. The Morgan fingerprint density at radius 3 is 2.75 bits per heavy atom. The average molecular weight is 384 g/mol. The minimum absolute atomic E-state index is 0.0561. The predicted molar refractivity (Wildman–Crippen MR) is 104 cm³/mol. The summed E-state index contributed by atoms with van der Waals surface area (Å²) in [7, 11) is 0. The molecule has 1 amide bonds. The van der Waals surface area contributed by atoms with Gasteiger partial charge in [0.1, 0.15) is 6.33 Å². The SMILES string of the molecule is O=C(NCC1(CN2CCCCC2)CCOCC1)c1cccc(-n2cnnn2)c1. The molecular weight excluding hydrogens is 356 g/mol. The van der Waals surface area contributed by atoms with Gasteiger partial charge in [0.2, 0.25) is 0 Å². The van der Waals surface area contributed by atoms with Crippen LogP contribution in [0.25, 0.3) is 5.69 Å². The fourth-order valence-electron chi connectivity index (χ4n) is 4.23. The highest BCUT2D eigenvalue weighted by Crippen LogP contribution is 2.32. The van der Waals surface area contributed by atoms with E-state index in [1.807, 2.05) is 24.3 Å². The highest BCUT2D eigenvalue weighted by atomic mass is 16.5. The van der Waals surface area contributed by atoms with Crippen LogP contribution in [-0.2, 0) is 4.74 Å². The summed E-state index contributed by atoms with van der Waals surface area (Å²) in [5.74, 6) is -0.0561. The number of ether oxygens (including phenoxy) is 1. The van der Waals surface area contributed by atoms with E-state index in [2.05, 4.69) is 25.7 Å². The van der Waals surface area contributed by atoms with Gasteiger partial charge >= 0.3 is 0 Å². The molecule has 150 valence electrons. The topological polar surface area (TPSA) is 85.2 Å². The summed E-state index contributed by atoms with van der Waals surface area (Å²) in [6.07, 6.45) is 7.41. The van der Waals surface area contributed by atoms with Gasteiger partial charge in [-0.05, 0) is 67.4 Å². The van der Waals surface area contributed by atoms with Gasteiger partial charge in [0.25, 0.3) is 5.91 Å². The van der Waals surface area contributed by atoms with E-state index >= 15 is 0 Å². The number of benzene rings is 1. The lowest BCUT2D eigenvalue weighted by molar-refractivity contribution is -0.00671. The molecule has 8 heteroatoms. The Hall–Kier alpha value is -2.32. The molecule has 0 radical (unpaired) electrons. The minimum Gasteiger partial charge on any atom is -0.381 e. The van der Waals surface area contributed by atoms with Crippen molar-refractivity contribution in [3.8, 4) is 5.69 Å². The lowest BCUT2D eigenvalue weighted by atomic mass is 9.79. The summed E-state index contributed by atoms with van der Waals surface area (Å²) in [5.41, 5.74) is 1.48. The fourth-order valence-corrected chi connectivity index (χ4v) is 4.23. The molecule has 1 aromatic heterocycles. The van der Waals surface area contributed by atoms with E-state index in [9.17, 15) is 4.79 Å². The lowest BCUT2D eigenvalue weighted by Crippen LogP contribution is -2.49. The first kappa shape index (κ1) is 19.0. The molecule has 0 unspecified atom stereocenters. The fraction of sp³-hybridized carbons (Fsp3) is 0.600. The quantitative estimate of drug-likeness (QED) is 0.816. The number of carbonyl (C=O) groups is 1. The van der Waals surface area contributed by atoms with E-state index in [4.69, 9.17) is 4.74 Å². The third kappa shape index (κ3) is 4.56. The van der Waals surface area contributed by atoms with Crippen LogP contribution in [0.3, 0.4) is 0 Å². The maximum absolute atomic E-state index is 12.8. The molecule has 2 aliphatic rings. The summed E-state index contributed by atoms with van der Waals surface area (Å²) in [5, 5.41) is 14.4. The van der Waals surface area contributed by atoms with Crippen LogP contribution in [0.1, 0.15) is 42.5 Å². The molecule has 1 N–H and O–H groups in total. The lowest BCUT2D eigenvalue weighted by Gasteiger charge is -2.42. The van der Waals surface area contributed by atoms with Crippen LogP contribution >= 0.6 is 0 Å². The van der Waals surface area contributed by atoms with E-state index in [0.29, 0.717) is 12.1 Å². The third-order valence-electron chi connectivity index (χ3n) is 5.91. The largest absolute Gasteiger partial charge is 0.381 e. The van der Waals surface area contributed by atoms with Crippen LogP contribution in [0.4, 0.5) is 0 Å². The summed E-state index contributed by atoms with van der Waals surface area (Å²) in [6.45, 7) is 5.62. The smallest absolute Gasteiger partial charge is 0.251 e. The van der Waals surface area contributed by atoms with Crippen LogP contribution in [0.15, 0.2) is 30.6 Å². The second-order valence-corrected chi connectivity index (χ2v) is 7.94. The molecule has 2 fully saturated rings. The van der Waals surface area contributed by atoms with Crippen molar-refractivity contribution in [3.63, 3.8) is 0 Å². The Labute approximate surface area is 165 Å². The number of hydrogen-bond acceptors (Lipinski definition) is 6. The molecule has 8 nitrogen and oxygen atoms in total. The highest BCUT2D eigenvalue weighted by Gasteiger charge is 2.35. The summed E-state index contributed by atoms with van der Waals surface area (Å²) in [6, 6.07) is 7.37. The minimum atomic E-state index is -0.0561. The normalized spacial score (nSPS) is 20.0. The van der Waals surface area contributed by atoms with Crippen LogP contribution in [0.2, 0.25) is 0 Å². The molecule has 1 aromatic carbocycles. The number of aromatic nitrogens is 4. The Balaban J connectivity index is 1.42. The Bertz CT molecular complexity index is 767. The van der Waals surface area contributed by atoms with Gasteiger partial charge in [0, 0.05) is 37.3 Å². The standard InChI is InChI=1S/C20H28N6O2/c27-19(17-5-4-6-18(13-17)26-16-22-23-24-26)21-14-20(7-11-28-12-8-20)15-25-9-2-1-3-10-25/h4-6,13,16H,1-3,7-12,14-15H2,(H,21,27). The highest BCUT2D eigenvalue weighted by molar-refractivity contribution is 5.94. The molecule has 2 aliphatic heterocycles. The van der Waals surface area contributed by atoms with Crippen molar-refractivity contribution in [1.82, 2.24) is 30.4 Å². The maximum atomic E-state index is 12.8. The second-order valence-electron chi connectivity index (χ2n) is 7.94. The number of likely N-dealkylation sites (tertiary alicyclic amines) is 1. The van der Waals surface area contributed by atoms with Crippen molar-refractivity contribution >= 4 is 5.91 Å². The molecule has 2 saturated heterocycles. The number of carbonyl (C=O) groups excluding carboxylic acids is 1. The van der Waals surface area contributed by atoms with E-state index in [-0.39, 0.29) is 11.3 Å². The number of amides is 1. The predicted octanol–water partition coefficient (Wildman–Crippen LogP) is 1.67. The first-order valence-electron chi connectivity index (χ1n) is 10.2. The average Bonchev–Trinajstić information content (AvgIpc) is 3.29. The van der Waals surface area contributed by atoms with Gasteiger partial charge in [-0.3, -0.25) is 4.79 Å². The number of nitrogens with one attached hydrogen (secondary N) is 1. The van der Waals surface area contributed by atoms with E-state index < -0.39 is 0 Å². The molecule has 0 saturated carbocycles. The molecule has 3 heterocycles. The summed E-state index contributed by atoms with van der Waals surface area (Å²) in [4.78, 5) is 15.4. The summed E-state index contributed by atoms with van der Waals surface area (Å²) >= 11 is 0. The van der Waals surface area contributed by atoms with Gasteiger partial charge in [0.15, 0.2) is 0 Å². The number of nitrogens with zero attached hydrogens (tertiary/aromatic N) is 5. The van der Waals surface area contributed by atoms with Gasteiger partial charge in [-0.2, -0.15) is 0 Å². The van der Waals surface area contributed by atoms with E-state index in [1.54, 1.807) is 4.68 Å². The van der Waals surface area contributed by atoms with Crippen molar-refractivity contribution in [2.75, 3.05) is 39.4 Å². The first-order valence-corrected chi connectivity index (χ1v) is 10.2. The van der Waals surface area contributed by atoms with Gasteiger partial charge in [-0.25, -0.2) is 4.68 Å². The number of rotatable bonds is 6. The zero-order valence-corrected chi connectivity index (χ0v) is 16.2. The molecule has 0 spiro atoms. The molecule has 28 heavy (non-hydrogen) atoms. The Morgan fingerprint density at radius 2 is 2.00 bits per heavy atom. The van der Waals surface area contributed by atoms with Gasteiger partial charge < -0.3 is 15.0 Å². The molecular formula is C20H28N6O2. The zero-order chi connectivity index (χ0) is 19.2. The van der Waals surface area contributed by atoms with Crippen LogP contribution in [0.5, 0.6) is 0 Å². The Kier molecular flexibility index (Phi) is 5.97. The van der Waals surface area contributed by atoms with Crippen LogP contribution < -0.4 is 5.32 Å². The third-order valence-corrected chi connectivity index (χ3v) is 5.91. The first-order chi connectivity index (χ1) is 13.7. The van der Waals surface area contributed by atoms with Crippen LogP contribution in [-0.4, -0.2) is 70.4 Å². The molecule has 0 atom stereocenters. The van der Waals surface area contributed by atoms with Crippen molar-refractivity contribution in [3.05, 3.63) is 36.2 Å². The maximum Gasteiger partial charge on any atom is 0.251 e. The van der Waals surface area contributed by atoms with Crippen molar-refractivity contribution in [2.24, 2.45) is 5.41 Å². The zero-order valence-electron chi connectivity index (χ0n) is 16.2. The van der Waals surface area contributed by atoms with Crippen molar-refractivity contribution < 1.29 is 9.53 Å². The summed E-state index contributed by atoms with van der Waals surface area (Å²) < 4.78 is 7.16.